The number of thioether (sulfide) groups is 1. The molecule has 1 aliphatic carbocycles. The lowest BCUT2D eigenvalue weighted by Crippen LogP contribution is -2.33. The van der Waals surface area contributed by atoms with E-state index in [1.807, 2.05) is 0 Å². The maximum atomic E-state index is 3.68. The van der Waals surface area contributed by atoms with E-state index in [9.17, 15) is 0 Å². The van der Waals surface area contributed by atoms with Crippen LogP contribution in [0.25, 0.3) is 0 Å². The minimum Gasteiger partial charge on any atom is -0.314 e. The highest BCUT2D eigenvalue weighted by Gasteiger charge is 2.31. The summed E-state index contributed by atoms with van der Waals surface area (Å²) in [5.74, 6) is 0.914. The molecular weight excluding hydrogens is 238 g/mol. The van der Waals surface area contributed by atoms with E-state index >= 15 is 0 Å². The van der Waals surface area contributed by atoms with Gasteiger partial charge in [-0.25, -0.2) is 0 Å². The van der Waals surface area contributed by atoms with Gasteiger partial charge in [0, 0.05) is 16.2 Å². The van der Waals surface area contributed by atoms with E-state index in [2.05, 4.69) is 48.3 Å². The fourth-order valence-corrected chi connectivity index (χ4v) is 5.00. The first-order chi connectivity index (χ1) is 8.86. The van der Waals surface area contributed by atoms with Crippen molar-refractivity contribution in [2.75, 3.05) is 6.54 Å². The summed E-state index contributed by atoms with van der Waals surface area (Å²) < 4.78 is 0. The Morgan fingerprint density at radius 1 is 1.28 bits per heavy atom. The van der Waals surface area contributed by atoms with Gasteiger partial charge in [-0.2, -0.15) is 0 Å². The zero-order valence-electron chi connectivity index (χ0n) is 11.2. The van der Waals surface area contributed by atoms with Crippen molar-refractivity contribution < 1.29 is 0 Å². The van der Waals surface area contributed by atoms with E-state index in [4.69, 9.17) is 0 Å². The summed E-state index contributed by atoms with van der Waals surface area (Å²) in [4.78, 5) is 1.53. The molecule has 2 heteroatoms. The Hall–Kier alpha value is -0.470. The lowest BCUT2D eigenvalue weighted by atomic mass is 9.95. The molecule has 1 nitrogen and oxygen atoms in total. The summed E-state index contributed by atoms with van der Waals surface area (Å²) in [7, 11) is 0. The molecule has 1 aromatic carbocycles. The molecule has 3 unspecified atom stereocenters. The number of hydrogen-bond donors (Lipinski definition) is 1. The minimum atomic E-state index is 0.791. The Kier molecular flexibility index (Phi) is 3.95. The molecule has 0 aromatic heterocycles. The molecular formula is C16H23NS. The molecule has 0 bridgehead atoms. The van der Waals surface area contributed by atoms with Gasteiger partial charge in [-0.1, -0.05) is 31.5 Å². The van der Waals surface area contributed by atoms with Gasteiger partial charge in [-0.3, -0.25) is 0 Å². The molecule has 0 spiro atoms. The van der Waals surface area contributed by atoms with E-state index < -0.39 is 0 Å². The second-order valence-corrected chi connectivity index (χ2v) is 6.98. The van der Waals surface area contributed by atoms with Crippen LogP contribution in [0, 0.1) is 5.92 Å². The number of benzene rings is 1. The lowest BCUT2D eigenvalue weighted by molar-refractivity contribution is 0.382. The van der Waals surface area contributed by atoms with Gasteiger partial charge in [0.15, 0.2) is 0 Å². The van der Waals surface area contributed by atoms with E-state index in [1.165, 1.54) is 37.0 Å². The Morgan fingerprint density at radius 2 is 2.17 bits per heavy atom. The van der Waals surface area contributed by atoms with Gasteiger partial charge >= 0.3 is 0 Å². The maximum Gasteiger partial charge on any atom is 0.0138 e. The third kappa shape index (κ3) is 2.60. The Balaban J connectivity index is 1.59. The van der Waals surface area contributed by atoms with Crippen LogP contribution in [0.2, 0.25) is 0 Å². The second-order valence-electron chi connectivity index (χ2n) is 5.64. The van der Waals surface area contributed by atoms with Gasteiger partial charge in [0.2, 0.25) is 0 Å². The van der Waals surface area contributed by atoms with Crippen LogP contribution >= 0.6 is 11.8 Å². The molecule has 2 aliphatic rings. The minimum absolute atomic E-state index is 0.791. The van der Waals surface area contributed by atoms with Crippen molar-refractivity contribution in [2.24, 2.45) is 5.92 Å². The summed E-state index contributed by atoms with van der Waals surface area (Å²) in [5.41, 5.74) is 1.57. The van der Waals surface area contributed by atoms with Crippen LogP contribution in [0.3, 0.4) is 0 Å². The first-order valence-corrected chi connectivity index (χ1v) is 8.22. The first kappa shape index (κ1) is 12.6. The standard InChI is InChI=1S/C16H23NS/c1-2-17-15-8-5-7-12(15)10-14-11-13-6-3-4-9-16(13)18-14/h3-4,6,9,12,14-15,17H,2,5,7-8,10-11H2,1H3. The van der Waals surface area contributed by atoms with Crippen LogP contribution in [-0.2, 0) is 6.42 Å². The van der Waals surface area contributed by atoms with Crippen LogP contribution in [-0.4, -0.2) is 17.8 Å². The molecule has 1 N–H and O–H groups in total. The zero-order chi connectivity index (χ0) is 12.4. The SMILES string of the molecule is CCNC1CCCC1CC1Cc2ccccc2S1. The normalized spacial score (nSPS) is 30.6. The number of hydrogen-bond acceptors (Lipinski definition) is 2. The topological polar surface area (TPSA) is 12.0 Å². The summed E-state index contributed by atoms with van der Waals surface area (Å²) in [6.07, 6.45) is 6.94. The maximum absolute atomic E-state index is 3.68. The smallest absolute Gasteiger partial charge is 0.0138 e. The van der Waals surface area contributed by atoms with E-state index in [0.717, 1.165) is 23.8 Å². The molecule has 0 saturated heterocycles. The summed E-state index contributed by atoms with van der Waals surface area (Å²) in [6, 6.07) is 9.73. The summed E-state index contributed by atoms with van der Waals surface area (Å²) in [5, 5.41) is 4.51. The van der Waals surface area contributed by atoms with Gasteiger partial charge in [0.1, 0.15) is 0 Å². The predicted octanol–water partition coefficient (Wildman–Crippen LogP) is 3.87. The van der Waals surface area contributed by atoms with Gasteiger partial charge in [0.25, 0.3) is 0 Å². The van der Waals surface area contributed by atoms with Crippen molar-refractivity contribution in [3.63, 3.8) is 0 Å². The van der Waals surface area contributed by atoms with Crippen LogP contribution in [0.15, 0.2) is 29.2 Å². The van der Waals surface area contributed by atoms with Crippen LogP contribution in [0.5, 0.6) is 0 Å². The zero-order valence-corrected chi connectivity index (χ0v) is 12.0. The largest absolute Gasteiger partial charge is 0.314 e. The monoisotopic (exact) mass is 261 g/mol. The Bertz CT molecular complexity index is 379. The molecule has 1 heterocycles. The average Bonchev–Trinajstić information content (AvgIpc) is 2.97. The molecule has 1 aliphatic heterocycles. The molecule has 98 valence electrons. The average molecular weight is 261 g/mol. The van der Waals surface area contributed by atoms with E-state index in [0.29, 0.717) is 0 Å². The molecule has 0 radical (unpaired) electrons. The number of nitrogens with one attached hydrogen (secondary N) is 1. The molecule has 3 atom stereocenters. The van der Waals surface area contributed by atoms with Gasteiger partial charge in [-0.05, 0) is 49.8 Å². The molecule has 1 saturated carbocycles. The highest BCUT2D eigenvalue weighted by molar-refractivity contribution is 8.00. The lowest BCUT2D eigenvalue weighted by Gasteiger charge is -2.22. The van der Waals surface area contributed by atoms with E-state index in [-0.39, 0.29) is 0 Å². The van der Waals surface area contributed by atoms with Crippen LogP contribution < -0.4 is 5.32 Å². The van der Waals surface area contributed by atoms with Crippen LogP contribution in [0.4, 0.5) is 0 Å². The molecule has 1 fully saturated rings. The van der Waals surface area contributed by atoms with Crippen molar-refractivity contribution in [1.29, 1.82) is 0 Å². The molecule has 3 rings (SSSR count). The predicted molar refractivity (Wildman–Crippen MR) is 79.2 cm³/mol. The van der Waals surface area contributed by atoms with Gasteiger partial charge in [0.05, 0.1) is 0 Å². The van der Waals surface area contributed by atoms with E-state index in [1.54, 1.807) is 5.56 Å². The highest BCUT2D eigenvalue weighted by Crippen LogP contribution is 2.42. The van der Waals surface area contributed by atoms with Gasteiger partial charge < -0.3 is 5.32 Å². The third-order valence-electron chi connectivity index (χ3n) is 4.40. The fourth-order valence-electron chi connectivity index (χ4n) is 3.57. The molecule has 18 heavy (non-hydrogen) atoms. The third-order valence-corrected chi connectivity index (χ3v) is 5.75. The second kappa shape index (κ2) is 5.66. The van der Waals surface area contributed by atoms with Crippen molar-refractivity contribution in [3.8, 4) is 0 Å². The quantitative estimate of drug-likeness (QED) is 0.883. The Labute approximate surface area is 115 Å². The number of rotatable bonds is 4. The molecule has 1 aromatic rings. The van der Waals surface area contributed by atoms with Crippen molar-refractivity contribution in [3.05, 3.63) is 29.8 Å². The number of fused-ring (bicyclic) bond motifs is 1. The van der Waals surface area contributed by atoms with Crippen molar-refractivity contribution >= 4 is 11.8 Å². The summed E-state index contributed by atoms with van der Waals surface area (Å²) in [6.45, 7) is 3.36. The summed E-state index contributed by atoms with van der Waals surface area (Å²) >= 11 is 2.12. The van der Waals surface area contributed by atoms with Gasteiger partial charge in [-0.15, -0.1) is 11.8 Å². The van der Waals surface area contributed by atoms with Crippen molar-refractivity contribution in [2.45, 2.75) is 55.2 Å². The Morgan fingerprint density at radius 3 is 3.00 bits per heavy atom. The first-order valence-electron chi connectivity index (χ1n) is 7.34. The molecule has 0 amide bonds. The van der Waals surface area contributed by atoms with Crippen molar-refractivity contribution in [1.82, 2.24) is 5.32 Å². The van der Waals surface area contributed by atoms with Crippen LogP contribution in [0.1, 0.15) is 38.2 Å². The highest BCUT2D eigenvalue weighted by atomic mass is 32.2. The fraction of sp³-hybridized carbons (Fsp3) is 0.625.